The number of carbonyl (C=O) groups is 1. The Morgan fingerprint density at radius 2 is 2.05 bits per heavy atom. The lowest BCUT2D eigenvalue weighted by molar-refractivity contribution is 0.0609. The molecule has 1 saturated carbocycles. The van der Waals surface area contributed by atoms with Gasteiger partial charge in [0, 0.05) is 32.2 Å². The molecule has 19 heavy (non-hydrogen) atoms. The second-order valence-corrected chi connectivity index (χ2v) is 6.23. The van der Waals surface area contributed by atoms with Gasteiger partial charge in [-0.15, -0.1) is 0 Å². The van der Waals surface area contributed by atoms with Gasteiger partial charge < -0.3 is 16.0 Å². The van der Waals surface area contributed by atoms with Crippen LogP contribution in [0.4, 0.5) is 4.79 Å². The Morgan fingerprint density at radius 1 is 1.21 bits per heavy atom. The zero-order chi connectivity index (χ0) is 13.2. The maximum atomic E-state index is 11.6. The van der Waals surface area contributed by atoms with Crippen LogP contribution in [0.15, 0.2) is 0 Å². The number of hydrogen-bond donors (Lipinski definition) is 2. The van der Waals surface area contributed by atoms with Gasteiger partial charge in [-0.3, -0.25) is 4.90 Å². The predicted octanol–water partition coefficient (Wildman–Crippen LogP) is 0.603. The van der Waals surface area contributed by atoms with Crippen LogP contribution in [0.25, 0.3) is 0 Å². The van der Waals surface area contributed by atoms with Gasteiger partial charge in [0.25, 0.3) is 0 Å². The second-order valence-electron chi connectivity index (χ2n) is 6.23. The van der Waals surface area contributed by atoms with Gasteiger partial charge in [-0.1, -0.05) is 19.3 Å². The molecular formula is C14H26N4O. The van der Waals surface area contributed by atoms with Crippen molar-refractivity contribution in [1.29, 1.82) is 0 Å². The first-order valence-electron chi connectivity index (χ1n) is 7.78. The fourth-order valence-corrected chi connectivity index (χ4v) is 4.05. The fraction of sp³-hybridized carbons (Fsp3) is 0.929. The van der Waals surface area contributed by atoms with E-state index in [1.54, 1.807) is 0 Å². The summed E-state index contributed by atoms with van der Waals surface area (Å²) in [5.41, 5.74) is 6.00. The van der Waals surface area contributed by atoms with E-state index in [1.807, 2.05) is 4.90 Å². The van der Waals surface area contributed by atoms with Crippen molar-refractivity contribution >= 4 is 6.03 Å². The van der Waals surface area contributed by atoms with Crippen LogP contribution < -0.4 is 11.1 Å². The van der Waals surface area contributed by atoms with E-state index in [9.17, 15) is 4.79 Å². The molecule has 5 nitrogen and oxygen atoms in total. The average molecular weight is 266 g/mol. The lowest BCUT2D eigenvalue weighted by Gasteiger charge is -2.43. The molecule has 3 fully saturated rings. The largest absolute Gasteiger partial charge is 0.336 e. The number of rotatable bonds is 2. The number of hydrogen-bond acceptors (Lipinski definition) is 3. The van der Waals surface area contributed by atoms with Crippen LogP contribution in [0.1, 0.15) is 32.1 Å². The minimum Gasteiger partial charge on any atom is -0.336 e. The van der Waals surface area contributed by atoms with Crippen molar-refractivity contribution in [2.75, 3.05) is 32.7 Å². The fourth-order valence-electron chi connectivity index (χ4n) is 4.05. The minimum absolute atomic E-state index is 0.126. The molecule has 3 N–H and O–H groups in total. The summed E-state index contributed by atoms with van der Waals surface area (Å²) in [7, 11) is 0. The molecular weight excluding hydrogens is 240 g/mol. The Morgan fingerprint density at radius 3 is 2.89 bits per heavy atom. The number of nitrogens with two attached hydrogens (primary N) is 1. The molecule has 0 radical (unpaired) electrons. The molecule has 2 heterocycles. The van der Waals surface area contributed by atoms with E-state index in [2.05, 4.69) is 10.2 Å². The average Bonchev–Trinajstić information content (AvgIpc) is 2.66. The standard InChI is InChI=1S/C14H26N4O/c15-8-11-4-2-1-3-5-13(11)17-6-7-18-12(10-17)9-16-14(18)19/h11-13H,1-10,15H2,(H,16,19). The third-order valence-corrected chi connectivity index (χ3v) is 5.15. The summed E-state index contributed by atoms with van der Waals surface area (Å²) in [6.45, 7) is 4.55. The summed E-state index contributed by atoms with van der Waals surface area (Å²) in [5.74, 6) is 0.652. The molecule has 5 heteroatoms. The Labute approximate surface area is 115 Å². The summed E-state index contributed by atoms with van der Waals surface area (Å²) in [4.78, 5) is 16.3. The van der Waals surface area contributed by atoms with E-state index < -0.39 is 0 Å². The summed E-state index contributed by atoms with van der Waals surface area (Å²) in [6.07, 6.45) is 6.60. The third kappa shape index (κ3) is 2.58. The maximum absolute atomic E-state index is 11.6. The van der Waals surface area contributed by atoms with Crippen molar-refractivity contribution in [3.8, 4) is 0 Å². The molecule has 2 aliphatic heterocycles. The van der Waals surface area contributed by atoms with Crippen LogP contribution in [-0.2, 0) is 0 Å². The van der Waals surface area contributed by atoms with E-state index in [0.717, 1.165) is 32.7 Å². The van der Waals surface area contributed by atoms with Gasteiger partial charge in [-0.25, -0.2) is 4.79 Å². The lowest BCUT2D eigenvalue weighted by atomic mass is 9.92. The number of carbonyl (C=O) groups excluding carboxylic acids is 1. The molecule has 1 aliphatic carbocycles. The van der Waals surface area contributed by atoms with Gasteiger partial charge in [-0.2, -0.15) is 0 Å². The number of fused-ring (bicyclic) bond motifs is 1. The molecule has 2 amide bonds. The van der Waals surface area contributed by atoms with Gasteiger partial charge >= 0.3 is 6.03 Å². The molecule has 3 rings (SSSR count). The smallest absolute Gasteiger partial charge is 0.317 e. The Kier molecular flexibility index (Phi) is 3.93. The quantitative estimate of drug-likeness (QED) is 0.720. The Balaban J connectivity index is 1.66. The van der Waals surface area contributed by atoms with E-state index >= 15 is 0 Å². The number of piperazine rings is 1. The van der Waals surface area contributed by atoms with Crippen LogP contribution >= 0.6 is 0 Å². The highest BCUT2D eigenvalue weighted by Crippen LogP contribution is 2.29. The second kappa shape index (κ2) is 5.67. The van der Waals surface area contributed by atoms with Crippen LogP contribution in [0.2, 0.25) is 0 Å². The third-order valence-electron chi connectivity index (χ3n) is 5.15. The van der Waals surface area contributed by atoms with E-state index in [-0.39, 0.29) is 6.03 Å². The highest BCUT2D eigenvalue weighted by atomic mass is 16.2. The van der Waals surface area contributed by atoms with E-state index in [4.69, 9.17) is 5.73 Å². The Hall–Kier alpha value is -0.810. The molecule has 0 aromatic carbocycles. The summed E-state index contributed by atoms with van der Waals surface area (Å²) in [6, 6.07) is 1.15. The van der Waals surface area contributed by atoms with Crippen molar-refractivity contribution < 1.29 is 4.79 Å². The van der Waals surface area contributed by atoms with Gasteiger partial charge in [-0.05, 0) is 25.3 Å². The lowest BCUT2D eigenvalue weighted by Crippen LogP contribution is -2.56. The molecule has 108 valence electrons. The van der Waals surface area contributed by atoms with Crippen molar-refractivity contribution in [2.24, 2.45) is 11.7 Å². The molecule has 3 aliphatic rings. The first-order chi connectivity index (χ1) is 9.29. The van der Waals surface area contributed by atoms with Crippen LogP contribution in [0.5, 0.6) is 0 Å². The predicted molar refractivity (Wildman–Crippen MR) is 74.9 cm³/mol. The normalized spacial score (nSPS) is 36.8. The van der Waals surface area contributed by atoms with E-state index in [1.165, 1.54) is 32.1 Å². The van der Waals surface area contributed by atoms with Crippen LogP contribution in [-0.4, -0.2) is 60.6 Å². The highest BCUT2D eigenvalue weighted by molar-refractivity contribution is 5.77. The van der Waals surface area contributed by atoms with Crippen molar-refractivity contribution in [1.82, 2.24) is 15.1 Å². The SMILES string of the molecule is NCC1CCCCCC1N1CCN2C(=O)NCC2C1. The first-order valence-corrected chi connectivity index (χ1v) is 7.78. The topological polar surface area (TPSA) is 61.6 Å². The van der Waals surface area contributed by atoms with E-state index in [0.29, 0.717) is 18.0 Å². The number of urea groups is 1. The molecule has 2 saturated heterocycles. The van der Waals surface area contributed by atoms with Gasteiger partial charge in [0.15, 0.2) is 0 Å². The van der Waals surface area contributed by atoms with Crippen LogP contribution in [0.3, 0.4) is 0 Å². The molecule has 0 aromatic heterocycles. The molecule has 0 bridgehead atoms. The highest BCUT2D eigenvalue weighted by Gasteiger charge is 2.39. The van der Waals surface area contributed by atoms with Crippen molar-refractivity contribution in [2.45, 2.75) is 44.2 Å². The maximum Gasteiger partial charge on any atom is 0.317 e. The molecule has 3 unspecified atom stereocenters. The monoisotopic (exact) mass is 266 g/mol. The first kappa shape index (κ1) is 13.2. The van der Waals surface area contributed by atoms with Crippen molar-refractivity contribution in [3.63, 3.8) is 0 Å². The zero-order valence-corrected chi connectivity index (χ0v) is 11.7. The summed E-state index contributed by atoms with van der Waals surface area (Å²) >= 11 is 0. The van der Waals surface area contributed by atoms with Gasteiger partial charge in [0.05, 0.1) is 6.04 Å². The number of nitrogens with zero attached hydrogens (tertiary/aromatic N) is 2. The number of amides is 2. The van der Waals surface area contributed by atoms with Crippen molar-refractivity contribution in [3.05, 3.63) is 0 Å². The van der Waals surface area contributed by atoms with Gasteiger partial charge in [0.2, 0.25) is 0 Å². The summed E-state index contributed by atoms with van der Waals surface area (Å²) < 4.78 is 0. The molecule has 3 atom stereocenters. The number of nitrogens with one attached hydrogen (secondary N) is 1. The van der Waals surface area contributed by atoms with Crippen LogP contribution in [0, 0.1) is 5.92 Å². The minimum atomic E-state index is 0.126. The molecule has 0 spiro atoms. The summed E-state index contributed by atoms with van der Waals surface area (Å²) in [5, 5.41) is 2.96. The van der Waals surface area contributed by atoms with Gasteiger partial charge in [0.1, 0.15) is 0 Å². The Bertz CT molecular complexity index is 335. The zero-order valence-electron chi connectivity index (χ0n) is 11.7. The molecule has 0 aromatic rings.